The van der Waals surface area contributed by atoms with E-state index in [9.17, 15) is 9.59 Å². The summed E-state index contributed by atoms with van der Waals surface area (Å²) in [6, 6.07) is 0. The number of aliphatic hydroxyl groups is 1. The van der Waals surface area contributed by atoms with Gasteiger partial charge in [0.25, 0.3) is 0 Å². The summed E-state index contributed by atoms with van der Waals surface area (Å²) in [7, 11) is 0. The van der Waals surface area contributed by atoms with E-state index in [0.717, 1.165) is 0 Å². The van der Waals surface area contributed by atoms with E-state index >= 15 is 0 Å². The number of nitrogens with one attached hydrogen (secondary N) is 1. The number of hydrogen-bond donors (Lipinski definition) is 3. The van der Waals surface area contributed by atoms with Gasteiger partial charge in [0.15, 0.2) is 0 Å². The summed E-state index contributed by atoms with van der Waals surface area (Å²) < 4.78 is 0. The van der Waals surface area contributed by atoms with Gasteiger partial charge >= 0.3 is 5.97 Å². The van der Waals surface area contributed by atoms with Crippen molar-refractivity contribution >= 4 is 12.4 Å². The molecule has 0 saturated heterocycles. The third-order valence-electron chi connectivity index (χ3n) is 2.23. The molecule has 1 amide bonds. The van der Waals surface area contributed by atoms with Gasteiger partial charge in [0, 0.05) is 6.42 Å². The first-order valence-electron chi connectivity index (χ1n) is 3.73. The highest BCUT2D eigenvalue weighted by atomic mass is 16.4. The average molecular weight is 173 g/mol. The van der Waals surface area contributed by atoms with Gasteiger partial charge in [-0.25, -0.2) is 4.79 Å². The zero-order valence-electron chi connectivity index (χ0n) is 6.49. The minimum Gasteiger partial charge on any atom is -0.480 e. The van der Waals surface area contributed by atoms with Crippen LogP contribution in [0.1, 0.15) is 19.3 Å². The highest BCUT2D eigenvalue weighted by Crippen LogP contribution is 2.29. The smallest absolute Gasteiger partial charge is 0.329 e. The molecule has 1 aliphatic carbocycles. The molecule has 68 valence electrons. The number of carboxylic acid groups (broad SMARTS) is 1. The summed E-state index contributed by atoms with van der Waals surface area (Å²) in [5.41, 5.74) is -1.23. The molecule has 0 bridgehead atoms. The van der Waals surface area contributed by atoms with Gasteiger partial charge in [0.1, 0.15) is 5.54 Å². The Morgan fingerprint density at radius 3 is 2.67 bits per heavy atom. The normalized spacial score (nSPS) is 34.6. The van der Waals surface area contributed by atoms with Crippen LogP contribution in [0, 0.1) is 0 Å². The second kappa shape index (κ2) is 3.10. The van der Waals surface area contributed by atoms with Crippen LogP contribution in [0.25, 0.3) is 0 Å². The molecule has 12 heavy (non-hydrogen) atoms. The summed E-state index contributed by atoms with van der Waals surface area (Å²) in [5, 5.41) is 20.1. The van der Waals surface area contributed by atoms with Crippen LogP contribution in [0.2, 0.25) is 0 Å². The Balaban J connectivity index is 2.74. The van der Waals surface area contributed by atoms with Crippen LogP contribution in [0.5, 0.6) is 0 Å². The molecule has 1 aliphatic rings. The fraction of sp³-hybridized carbons (Fsp3) is 0.714. The van der Waals surface area contributed by atoms with Crippen LogP contribution < -0.4 is 5.32 Å². The zero-order chi connectivity index (χ0) is 9.19. The summed E-state index contributed by atoms with van der Waals surface area (Å²) in [4.78, 5) is 20.8. The van der Waals surface area contributed by atoms with Crippen molar-refractivity contribution in [3.05, 3.63) is 0 Å². The van der Waals surface area contributed by atoms with Crippen molar-refractivity contribution in [2.45, 2.75) is 30.9 Å². The van der Waals surface area contributed by atoms with E-state index in [-0.39, 0.29) is 6.42 Å². The molecule has 0 radical (unpaired) electrons. The third kappa shape index (κ3) is 1.40. The lowest BCUT2D eigenvalue weighted by Gasteiger charge is -2.22. The topological polar surface area (TPSA) is 86.6 Å². The highest BCUT2D eigenvalue weighted by Gasteiger charge is 2.44. The van der Waals surface area contributed by atoms with Crippen LogP contribution >= 0.6 is 0 Å². The van der Waals surface area contributed by atoms with Crippen LogP contribution in [0.3, 0.4) is 0 Å². The molecule has 5 nitrogen and oxygen atoms in total. The van der Waals surface area contributed by atoms with Gasteiger partial charge < -0.3 is 15.5 Å². The number of carbonyl (C=O) groups excluding carboxylic acids is 1. The number of aliphatic carboxylic acids is 1. The molecule has 0 heterocycles. The van der Waals surface area contributed by atoms with E-state index in [1.165, 1.54) is 0 Å². The lowest BCUT2D eigenvalue weighted by Crippen LogP contribution is -2.49. The molecule has 0 aromatic carbocycles. The fourth-order valence-corrected chi connectivity index (χ4v) is 1.52. The second-order valence-electron chi connectivity index (χ2n) is 3.05. The van der Waals surface area contributed by atoms with E-state index in [1.807, 2.05) is 0 Å². The highest BCUT2D eigenvalue weighted by molar-refractivity contribution is 5.82. The van der Waals surface area contributed by atoms with Gasteiger partial charge in [0.2, 0.25) is 6.41 Å². The molecule has 2 unspecified atom stereocenters. The van der Waals surface area contributed by atoms with Crippen molar-refractivity contribution < 1.29 is 19.8 Å². The summed E-state index contributed by atoms with van der Waals surface area (Å²) in [5.74, 6) is -1.08. The SMILES string of the molecule is O=CNC1(C(=O)O)CCC(O)C1. The van der Waals surface area contributed by atoms with Gasteiger partial charge in [0.05, 0.1) is 6.10 Å². The quantitative estimate of drug-likeness (QED) is 0.483. The maximum atomic E-state index is 10.7. The standard InChI is InChI=1S/C7H11NO4/c9-4-8-7(6(11)12)2-1-5(10)3-7/h4-5,10H,1-3H2,(H,8,9)(H,11,12). The summed E-state index contributed by atoms with van der Waals surface area (Å²) in [6.45, 7) is 0. The molecule has 0 aromatic rings. The fourth-order valence-electron chi connectivity index (χ4n) is 1.52. The van der Waals surface area contributed by atoms with Crippen LogP contribution in [-0.4, -0.2) is 34.2 Å². The minimum absolute atomic E-state index is 0.0983. The number of amides is 1. The largest absolute Gasteiger partial charge is 0.480 e. The van der Waals surface area contributed by atoms with Gasteiger partial charge in [-0.2, -0.15) is 0 Å². The first-order chi connectivity index (χ1) is 5.60. The number of rotatable bonds is 3. The van der Waals surface area contributed by atoms with Crippen molar-refractivity contribution in [1.29, 1.82) is 0 Å². The predicted molar refractivity (Wildman–Crippen MR) is 39.4 cm³/mol. The first-order valence-corrected chi connectivity index (χ1v) is 3.73. The van der Waals surface area contributed by atoms with Crippen LogP contribution in [0.15, 0.2) is 0 Å². The number of aliphatic hydroxyl groups excluding tert-OH is 1. The van der Waals surface area contributed by atoms with Crippen LogP contribution in [-0.2, 0) is 9.59 Å². The van der Waals surface area contributed by atoms with Crippen molar-refractivity contribution in [2.24, 2.45) is 0 Å². The number of carboxylic acids is 1. The van der Waals surface area contributed by atoms with Gasteiger partial charge in [-0.3, -0.25) is 4.79 Å². The number of carbonyl (C=O) groups is 2. The Bertz CT molecular complexity index is 206. The van der Waals surface area contributed by atoms with Crippen molar-refractivity contribution in [1.82, 2.24) is 5.32 Å². The monoisotopic (exact) mass is 173 g/mol. The Labute approximate surface area is 69.4 Å². The Morgan fingerprint density at radius 1 is 1.67 bits per heavy atom. The predicted octanol–water partition coefficient (Wildman–Crippen LogP) is -0.899. The van der Waals surface area contributed by atoms with Crippen molar-refractivity contribution in [3.8, 4) is 0 Å². The second-order valence-corrected chi connectivity index (χ2v) is 3.05. The minimum atomic E-state index is -1.23. The van der Waals surface area contributed by atoms with E-state index in [1.54, 1.807) is 0 Å². The lowest BCUT2D eigenvalue weighted by molar-refractivity contribution is -0.146. The van der Waals surface area contributed by atoms with Crippen LogP contribution in [0.4, 0.5) is 0 Å². The molecule has 0 aromatic heterocycles. The van der Waals surface area contributed by atoms with E-state index in [0.29, 0.717) is 19.3 Å². The van der Waals surface area contributed by atoms with E-state index < -0.39 is 17.6 Å². The Morgan fingerprint density at radius 2 is 2.33 bits per heavy atom. The molecule has 3 N–H and O–H groups in total. The Hall–Kier alpha value is -1.10. The summed E-state index contributed by atoms with van der Waals surface area (Å²) in [6.07, 6.45) is 0.566. The Kier molecular flexibility index (Phi) is 2.32. The molecular weight excluding hydrogens is 162 g/mol. The molecule has 2 atom stereocenters. The van der Waals surface area contributed by atoms with Crippen molar-refractivity contribution in [3.63, 3.8) is 0 Å². The van der Waals surface area contributed by atoms with E-state index in [4.69, 9.17) is 10.2 Å². The average Bonchev–Trinajstić information content (AvgIpc) is 2.34. The summed E-state index contributed by atoms with van der Waals surface area (Å²) >= 11 is 0. The molecule has 1 saturated carbocycles. The lowest BCUT2D eigenvalue weighted by atomic mass is 9.98. The van der Waals surface area contributed by atoms with E-state index in [2.05, 4.69) is 5.32 Å². The van der Waals surface area contributed by atoms with Gasteiger partial charge in [-0.1, -0.05) is 0 Å². The first kappa shape index (κ1) is 8.99. The van der Waals surface area contributed by atoms with Crippen molar-refractivity contribution in [2.75, 3.05) is 0 Å². The van der Waals surface area contributed by atoms with Gasteiger partial charge in [-0.15, -0.1) is 0 Å². The maximum absolute atomic E-state index is 10.7. The molecule has 1 fully saturated rings. The molecular formula is C7H11NO4. The zero-order valence-corrected chi connectivity index (χ0v) is 6.49. The molecule has 1 rings (SSSR count). The number of hydrogen-bond acceptors (Lipinski definition) is 3. The molecule has 0 spiro atoms. The maximum Gasteiger partial charge on any atom is 0.329 e. The van der Waals surface area contributed by atoms with Gasteiger partial charge in [-0.05, 0) is 12.8 Å². The third-order valence-corrected chi connectivity index (χ3v) is 2.23. The molecule has 5 heteroatoms. The molecule has 0 aliphatic heterocycles.